The van der Waals surface area contributed by atoms with E-state index in [0.29, 0.717) is 5.92 Å². The van der Waals surface area contributed by atoms with Crippen LogP contribution in [0.3, 0.4) is 0 Å². The molecule has 3 heteroatoms. The third kappa shape index (κ3) is 5.48. The number of nitrogens with zero attached hydrogens (tertiary/aromatic N) is 1. The summed E-state index contributed by atoms with van der Waals surface area (Å²) in [6.07, 6.45) is 0. The van der Waals surface area contributed by atoms with Gasteiger partial charge in [0.15, 0.2) is 0 Å². The summed E-state index contributed by atoms with van der Waals surface area (Å²) in [6.45, 7) is 12.3. The van der Waals surface area contributed by atoms with Gasteiger partial charge in [0, 0.05) is 31.0 Å². The molecular weight excluding hydrogens is 296 g/mol. The van der Waals surface area contributed by atoms with Gasteiger partial charge in [0.1, 0.15) is 5.75 Å². The van der Waals surface area contributed by atoms with Gasteiger partial charge in [0.05, 0.1) is 6.61 Å². The van der Waals surface area contributed by atoms with Gasteiger partial charge in [-0.2, -0.15) is 0 Å². The molecule has 0 amide bonds. The Kier molecular flexibility index (Phi) is 6.98. The monoisotopic (exact) mass is 326 g/mol. The van der Waals surface area contributed by atoms with Crippen molar-refractivity contribution >= 4 is 11.4 Å². The Morgan fingerprint density at radius 3 is 2.08 bits per heavy atom. The smallest absolute Gasteiger partial charge is 0.119 e. The number of hydrogen-bond acceptors (Lipinski definition) is 3. The average Bonchev–Trinajstić information content (AvgIpc) is 2.61. The maximum atomic E-state index is 5.72. The highest BCUT2D eigenvalue weighted by Gasteiger charge is 2.02. The van der Waals surface area contributed by atoms with E-state index in [1.807, 2.05) is 12.1 Å². The van der Waals surface area contributed by atoms with Gasteiger partial charge < -0.3 is 15.0 Å². The minimum absolute atomic E-state index is 0.547. The first-order valence-electron chi connectivity index (χ1n) is 8.93. The van der Waals surface area contributed by atoms with Crippen LogP contribution in [0.25, 0.3) is 0 Å². The Morgan fingerprint density at radius 2 is 1.54 bits per heavy atom. The van der Waals surface area contributed by atoms with Crippen molar-refractivity contribution in [2.24, 2.45) is 5.92 Å². The summed E-state index contributed by atoms with van der Waals surface area (Å²) in [5.41, 5.74) is 3.67. The first-order chi connectivity index (χ1) is 11.6. The Hall–Kier alpha value is -2.16. The summed E-state index contributed by atoms with van der Waals surface area (Å²) < 4.78 is 5.72. The molecule has 0 aliphatic heterocycles. The number of hydrogen-bond donors (Lipinski definition) is 1. The van der Waals surface area contributed by atoms with Crippen LogP contribution in [0.2, 0.25) is 0 Å². The molecule has 0 saturated carbocycles. The van der Waals surface area contributed by atoms with E-state index in [-0.39, 0.29) is 0 Å². The van der Waals surface area contributed by atoms with Crippen LogP contribution in [0, 0.1) is 5.92 Å². The van der Waals surface area contributed by atoms with E-state index in [9.17, 15) is 0 Å². The summed E-state index contributed by atoms with van der Waals surface area (Å²) in [5.74, 6) is 1.49. The highest BCUT2D eigenvalue weighted by Crippen LogP contribution is 2.19. The van der Waals surface area contributed by atoms with Gasteiger partial charge in [0.2, 0.25) is 0 Å². The van der Waals surface area contributed by atoms with Gasteiger partial charge in [-0.3, -0.25) is 0 Å². The van der Waals surface area contributed by atoms with Crippen LogP contribution in [0.4, 0.5) is 11.4 Å². The molecule has 0 unspecified atom stereocenters. The molecule has 2 aromatic rings. The first kappa shape index (κ1) is 18.2. The number of rotatable bonds is 9. The minimum Gasteiger partial charge on any atom is -0.493 e. The lowest BCUT2D eigenvalue weighted by molar-refractivity contribution is 0.271. The molecule has 0 atom stereocenters. The summed E-state index contributed by atoms with van der Waals surface area (Å²) >= 11 is 0. The second-order valence-corrected chi connectivity index (χ2v) is 6.42. The van der Waals surface area contributed by atoms with E-state index in [1.165, 1.54) is 11.3 Å². The van der Waals surface area contributed by atoms with Crippen LogP contribution < -0.4 is 15.0 Å². The standard InChI is InChI=1S/C21H30N2O/c1-5-23(6-2)20-11-9-19(10-12-20)22-15-18-7-13-21(14-8-18)24-16-17(3)4/h7-14,17,22H,5-6,15-16H2,1-4H3. The summed E-state index contributed by atoms with van der Waals surface area (Å²) in [4.78, 5) is 2.35. The fourth-order valence-electron chi connectivity index (χ4n) is 2.55. The maximum Gasteiger partial charge on any atom is 0.119 e. The zero-order valence-corrected chi connectivity index (χ0v) is 15.4. The van der Waals surface area contributed by atoms with Crippen LogP contribution in [0.1, 0.15) is 33.3 Å². The zero-order chi connectivity index (χ0) is 17.4. The van der Waals surface area contributed by atoms with Gasteiger partial charge in [0.25, 0.3) is 0 Å². The van der Waals surface area contributed by atoms with Gasteiger partial charge in [-0.15, -0.1) is 0 Å². The molecule has 1 N–H and O–H groups in total. The average molecular weight is 326 g/mol. The predicted molar refractivity (Wildman–Crippen MR) is 104 cm³/mol. The Balaban J connectivity index is 1.86. The molecule has 0 saturated heterocycles. The molecule has 0 spiro atoms. The Morgan fingerprint density at radius 1 is 0.917 bits per heavy atom. The van der Waals surface area contributed by atoms with Crippen molar-refractivity contribution in [3.8, 4) is 5.75 Å². The summed E-state index contributed by atoms with van der Waals surface area (Å²) in [6, 6.07) is 17.0. The van der Waals surface area contributed by atoms with E-state index >= 15 is 0 Å². The highest BCUT2D eigenvalue weighted by molar-refractivity contribution is 5.55. The van der Waals surface area contributed by atoms with Gasteiger partial charge in [-0.25, -0.2) is 0 Å². The second kappa shape index (κ2) is 9.21. The SMILES string of the molecule is CCN(CC)c1ccc(NCc2ccc(OCC(C)C)cc2)cc1. The highest BCUT2D eigenvalue weighted by atomic mass is 16.5. The lowest BCUT2D eigenvalue weighted by Gasteiger charge is -2.21. The van der Waals surface area contributed by atoms with Crippen LogP contribution in [0.5, 0.6) is 5.75 Å². The lowest BCUT2D eigenvalue weighted by atomic mass is 10.2. The van der Waals surface area contributed by atoms with Gasteiger partial charge >= 0.3 is 0 Å². The molecule has 0 aliphatic carbocycles. The quantitative estimate of drug-likeness (QED) is 0.687. The summed E-state index contributed by atoms with van der Waals surface area (Å²) in [7, 11) is 0. The van der Waals surface area contributed by atoms with E-state index < -0.39 is 0 Å². The molecule has 3 nitrogen and oxygen atoms in total. The minimum atomic E-state index is 0.547. The van der Waals surface area contributed by atoms with Crippen LogP contribution in [0.15, 0.2) is 48.5 Å². The molecule has 0 heterocycles. The van der Waals surface area contributed by atoms with Crippen LogP contribution in [-0.4, -0.2) is 19.7 Å². The third-order valence-corrected chi connectivity index (χ3v) is 4.00. The Bertz CT molecular complexity index is 586. The Labute approximate surface area is 146 Å². The zero-order valence-electron chi connectivity index (χ0n) is 15.4. The molecule has 24 heavy (non-hydrogen) atoms. The summed E-state index contributed by atoms with van der Waals surface area (Å²) in [5, 5.41) is 3.47. The number of nitrogens with one attached hydrogen (secondary N) is 1. The maximum absolute atomic E-state index is 5.72. The van der Waals surface area contributed by atoms with E-state index in [0.717, 1.165) is 37.7 Å². The lowest BCUT2D eigenvalue weighted by Crippen LogP contribution is -2.21. The molecule has 2 aromatic carbocycles. The molecule has 130 valence electrons. The molecule has 0 fully saturated rings. The number of ether oxygens (including phenoxy) is 1. The molecule has 0 bridgehead atoms. The fourth-order valence-corrected chi connectivity index (χ4v) is 2.55. The first-order valence-corrected chi connectivity index (χ1v) is 8.93. The van der Waals surface area contributed by atoms with Crippen molar-refractivity contribution in [2.45, 2.75) is 34.2 Å². The topological polar surface area (TPSA) is 24.5 Å². The normalized spacial score (nSPS) is 10.7. The van der Waals surface area contributed by atoms with E-state index in [1.54, 1.807) is 0 Å². The van der Waals surface area contributed by atoms with E-state index in [4.69, 9.17) is 4.74 Å². The molecule has 0 radical (unpaired) electrons. The van der Waals surface area contributed by atoms with E-state index in [2.05, 4.69) is 74.3 Å². The predicted octanol–water partition coefficient (Wildman–Crippen LogP) is 5.18. The number of benzene rings is 2. The van der Waals surface area contributed by atoms with Crippen molar-refractivity contribution in [3.63, 3.8) is 0 Å². The number of anilines is 2. The second-order valence-electron chi connectivity index (χ2n) is 6.42. The van der Waals surface area contributed by atoms with Gasteiger partial charge in [-0.1, -0.05) is 26.0 Å². The van der Waals surface area contributed by atoms with Crippen LogP contribution in [-0.2, 0) is 6.54 Å². The molecular formula is C21H30N2O. The third-order valence-electron chi connectivity index (χ3n) is 4.00. The molecule has 0 aromatic heterocycles. The van der Waals surface area contributed by atoms with Crippen molar-refractivity contribution < 1.29 is 4.74 Å². The van der Waals surface area contributed by atoms with Crippen molar-refractivity contribution in [2.75, 3.05) is 29.9 Å². The molecule has 2 rings (SSSR count). The van der Waals surface area contributed by atoms with Crippen LogP contribution >= 0.6 is 0 Å². The van der Waals surface area contributed by atoms with Crippen molar-refractivity contribution in [1.29, 1.82) is 0 Å². The molecule has 0 aliphatic rings. The van der Waals surface area contributed by atoms with Gasteiger partial charge in [-0.05, 0) is 61.7 Å². The largest absolute Gasteiger partial charge is 0.493 e. The van der Waals surface area contributed by atoms with Crippen molar-refractivity contribution in [1.82, 2.24) is 0 Å². The fraction of sp³-hybridized carbons (Fsp3) is 0.429. The van der Waals surface area contributed by atoms with Crippen molar-refractivity contribution in [3.05, 3.63) is 54.1 Å².